The van der Waals surface area contributed by atoms with Crippen LogP contribution in [-0.2, 0) is 0 Å². The van der Waals surface area contributed by atoms with Crippen LogP contribution in [0.2, 0.25) is 0 Å². The topological polar surface area (TPSA) is 44.3 Å². The predicted octanol–water partition coefficient (Wildman–Crippen LogP) is 1.90. The number of hydrogen-bond acceptors (Lipinski definition) is 3. The summed E-state index contributed by atoms with van der Waals surface area (Å²) in [4.78, 5) is 0. The molecule has 3 rings (SSSR count). The molecular weight excluding hydrogens is 200 g/mol. The lowest BCUT2D eigenvalue weighted by Crippen LogP contribution is -2.50. The van der Waals surface area contributed by atoms with E-state index in [1.54, 1.807) is 6.07 Å². The Balaban J connectivity index is 2.09. The average molecular weight is 218 g/mol. The highest BCUT2D eigenvalue weighted by Gasteiger charge is 2.44. The molecule has 1 aromatic carbocycles. The number of anilines is 1. The van der Waals surface area contributed by atoms with E-state index in [0.29, 0.717) is 17.7 Å². The summed E-state index contributed by atoms with van der Waals surface area (Å²) in [6.07, 6.45) is 0. The first kappa shape index (κ1) is 9.97. The molecule has 0 spiro atoms. The highest BCUT2D eigenvalue weighted by molar-refractivity contribution is 5.62. The van der Waals surface area contributed by atoms with Crippen LogP contribution in [0.3, 0.4) is 0 Å². The number of aromatic hydroxyl groups is 1. The molecule has 3 heteroatoms. The smallest absolute Gasteiger partial charge is 0.116 e. The van der Waals surface area contributed by atoms with Crippen LogP contribution in [0, 0.1) is 5.41 Å². The molecule has 1 fully saturated rings. The molecule has 2 aliphatic rings. The maximum atomic E-state index is 9.61. The van der Waals surface area contributed by atoms with Crippen molar-refractivity contribution >= 4 is 5.69 Å². The Morgan fingerprint density at radius 3 is 3.00 bits per heavy atom. The standard InChI is InChI=1S/C13H18N2O/c1-13(2)7-14-6-11-12(13)9-5-8(16)3-4-10(9)15-11/h3-5,11-12,14-16H,6-7H2,1-2H3. The minimum absolute atomic E-state index is 0.231. The molecular formula is C13H18N2O. The molecule has 3 N–H and O–H groups in total. The quantitative estimate of drug-likeness (QED) is 0.583. The Bertz CT molecular complexity index is 428. The van der Waals surface area contributed by atoms with Crippen molar-refractivity contribution in [3.8, 4) is 5.75 Å². The van der Waals surface area contributed by atoms with Gasteiger partial charge in [0, 0.05) is 30.7 Å². The Labute approximate surface area is 95.9 Å². The van der Waals surface area contributed by atoms with Gasteiger partial charge in [-0.2, -0.15) is 0 Å². The van der Waals surface area contributed by atoms with E-state index in [0.717, 1.165) is 13.1 Å². The molecule has 0 radical (unpaired) electrons. The van der Waals surface area contributed by atoms with Crippen molar-refractivity contribution in [2.45, 2.75) is 25.8 Å². The van der Waals surface area contributed by atoms with Gasteiger partial charge in [-0.25, -0.2) is 0 Å². The van der Waals surface area contributed by atoms with Gasteiger partial charge in [-0.1, -0.05) is 13.8 Å². The minimum atomic E-state index is 0.231. The fourth-order valence-corrected chi connectivity index (χ4v) is 3.23. The Hall–Kier alpha value is -1.22. The monoisotopic (exact) mass is 218 g/mol. The summed E-state index contributed by atoms with van der Waals surface area (Å²) in [5.74, 6) is 0.867. The number of phenolic OH excluding ortho intramolecular Hbond substituents is 1. The number of benzene rings is 1. The molecule has 3 nitrogen and oxygen atoms in total. The number of hydrogen-bond donors (Lipinski definition) is 3. The summed E-state index contributed by atoms with van der Waals surface area (Å²) in [6.45, 7) is 6.61. The Morgan fingerprint density at radius 1 is 1.38 bits per heavy atom. The number of fused-ring (bicyclic) bond motifs is 3. The van der Waals surface area contributed by atoms with E-state index < -0.39 is 0 Å². The zero-order chi connectivity index (χ0) is 11.3. The fourth-order valence-electron chi connectivity index (χ4n) is 3.23. The van der Waals surface area contributed by atoms with E-state index in [2.05, 4.69) is 24.5 Å². The van der Waals surface area contributed by atoms with Gasteiger partial charge in [0.25, 0.3) is 0 Å². The molecule has 2 unspecified atom stereocenters. The molecule has 1 aromatic rings. The van der Waals surface area contributed by atoms with Crippen molar-refractivity contribution in [3.05, 3.63) is 23.8 Å². The van der Waals surface area contributed by atoms with Gasteiger partial charge in [-0.05, 0) is 29.2 Å². The van der Waals surface area contributed by atoms with E-state index in [1.165, 1.54) is 11.3 Å². The molecule has 0 bridgehead atoms. The largest absolute Gasteiger partial charge is 0.508 e. The molecule has 0 aromatic heterocycles. The maximum Gasteiger partial charge on any atom is 0.116 e. The van der Waals surface area contributed by atoms with E-state index in [-0.39, 0.29) is 5.41 Å². The van der Waals surface area contributed by atoms with Crippen molar-refractivity contribution in [3.63, 3.8) is 0 Å². The summed E-state index contributed by atoms with van der Waals surface area (Å²) in [6, 6.07) is 6.11. The second kappa shape index (κ2) is 3.14. The fraction of sp³-hybridized carbons (Fsp3) is 0.538. The average Bonchev–Trinajstić information content (AvgIpc) is 2.56. The number of rotatable bonds is 0. The van der Waals surface area contributed by atoms with Gasteiger partial charge < -0.3 is 15.7 Å². The van der Waals surface area contributed by atoms with Gasteiger partial charge in [0.05, 0.1) is 0 Å². The first-order valence-corrected chi connectivity index (χ1v) is 5.88. The first-order chi connectivity index (χ1) is 7.58. The van der Waals surface area contributed by atoms with Crippen LogP contribution >= 0.6 is 0 Å². The van der Waals surface area contributed by atoms with Crippen LogP contribution in [0.4, 0.5) is 5.69 Å². The number of piperidine rings is 1. The van der Waals surface area contributed by atoms with Crippen LogP contribution in [0.25, 0.3) is 0 Å². The molecule has 0 amide bonds. The third-order valence-electron chi connectivity index (χ3n) is 3.90. The van der Waals surface area contributed by atoms with Gasteiger partial charge in [0.15, 0.2) is 0 Å². The van der Waals surface area contributed by atoms with E-state index in [9.17, 15) is 5.11 Å². The first-order valence-electron chi connectivity index (χ1n) is 5.88. The van der Waals surface area contributed by atoms with Crippen LogP contribution in [0.15, 0.2) is 18.2 Å². The summed E-state index contributed by atoms with van der Waals surface area (Å²) in [5.41, 5.74) is 2.69. The zero-order valence-corrected chi connectivity index (χ0v) is 9.75. The van der Waals surface area contributed by atoms with Crippen molar-refractivity contribution in [1.82, 2.24) is 5.32 Å². The van der Waals surface area contributed by atoms with E-state index in [4.69, 9.17) is 0 Å². The highest BCUT2D eigenvalue weighted by atomic mass is 16.3. The molecule has 1 saturated heterocycles. The Kier molecular flexibility index (Phi) is 1.96. The van der Waals surface area contributed by atoms with Gasteiger partial charge in [-0.3, -0.25) is 0 Å². The lowest BCUT2D eigenvalue weighted by molar-refractivity contribution is 0.212. The molecule has 2 aliphatic heterocycles. The van der Waals surface area contributed by atoms with Crippen LogP contribution < -0.4 is 10.6 Å². The lowest BCUT2D eigenvalue weighted by Gasteiger charge is -2.41. The summed E-state index contributed by atoms with van der Waals surface area (Å²) < 4.78 is 0. The highest BCUT2D eigenvalue weighted by Crippen LogP contribution is 2.48. The zero-order valence-electron chi connectivity index (χ0n) is 9.75. The third-order valence-corrected chi connectivity index (χ3v) is 3.90. The van der Waals surface area contributed by atoms with Crippen LogP contribution in [0.1, 0.15) is 25.3 Å². The molecule has 16 heavy (non-hydrogen) atoms. The second-order valence-electron chi connectivity index (χ2n) is 5.62. The Morgan fingerprint density at radius 2 is 2.19 bits per heavy atom. The SMILES string of the molecule is CC1(C)CNCC2Nc3ccc(O)cc3C21. The van der Waals surface area contributed by atoms with E-state index >= 15 is 0 Å². The normalized spacial score (nSPS) is 30.4. The summed E-state index contributed by atoms with van der Waals surface area (Å²) in [7, 11) is 0. The molecule has 2 heterocycles. The van der Waals surface area contributed by atoms with Crippen molar-refractivity contribution in [1.29, 1.82) is 0 Å². The van der Waals surface area contributed by atoms with Gasteiger partial charge >= 0.3 is 0 Å². The van der Waals surface area contributed by atoms with Gasteiger partial charge in [0.1, 0.15) is 5.75 Å². The minimum Gasteiger partial charge on any atom is -0.508 e. The lowest BCUT2D eigenvalue weighted by atomic mass is 9.70. The van der Waals surface area contributed by atoms with Crippen molar-refractivity contribution in [2.24, 2.45) is 5.41 Å². The van der Waals surface area contributed by atoms with Crippen LogP contribution in [-0.4, -0.2) is 24.2 Å². The molecule has 86 valence electrons. The number of nitrogens with one attached hydrogen (secondary N) is 2. The molecule has 0 saturated carbocycles. The number of phenols is 1. The third kappa shape index (κ3) is 1.31. The van der Waals surface area contributed by atoms with E-state index in [1.807, 2.05) is 12.1 Å². The van der Waals surface area contributed by atoms with Gasteiger partial charge in [0.2, 0.25) is 0 Å². The van der Waals surface area contributed by atoms with Crippen molar-refractivity contribution in [2.75, 3.05) is 18.4 Å². The predicted molar refractivity (Wildman–Crippen MR) is 64.9 cm³/mol. The van der Waals surface area contributed by atoms with Crippen molar-refractivity contribution < 1.29 is 5.11 Å². The molecule has 0 aliphatic carbocycles. The van der Waals surface area contributed by atoms with Crippen LogP contribution in [0.5, 0.6) is 5.75 Å². The maximum absolute atomic E-state index is 9.61. The molecule has 2 atom stereocenters. The summed E-state index contributed by atoms with van der Waals surface area (Å²) in [5, 5.41) is 16.6. The second-order valence-corrected chi connectivity index (χ2v) is 5.62. The summed E-state index contributed by atoms with van der Waals surface area (Å²) >= 11 is 0. The van der Waals surface area contributed by atoms with Gasteiger partial charge in [-0.15, -0.1) is 0 Å².